The summed E-state index contributed by atoms with van der Waals surface area (Å²) in [6.07, 6.45) is 9.50. The quantitative estimate of drug-likeness (QED) is 0.430. The summed E-state index contributed by atoms with van der Waals surface area (Å²) < 4.78 is 0. The molecule has 0 fully saturated rings. The Kier molecular flexibility index (Phi) is 5.14. The van der Waals surface area contributed by atoms with Crippen molar-refractivity contribution in [3.8, 4) is 0 Å². The van der Waals surface area contributed by atoms with Gasteiger partial charge < -0.3 is 0 Å². The minimum Gasteiger partial charge on any atom is -0.234 e. The zero-order valence-electron chi connectivity index (χ0n) is 4.63. The Morgan fingerprint density at radius 1 is 1.38 bits per heavy atom. The van der Waals surface area contributed by atoms with E-state index in [9.17, 15) is 0 Å². The third kappa shape index (κ3) is 4.93. The lowest BCUT2D eigenvalue weighted by Crippen LogP contribution is -1.37. The molecule has 0 aliphatic heterocycles. The number of hydrogen-bond donors (Lipinski definition) is 0. The van der Waals surface area contributed by atoms with E-state index in [-0.39, 0.29) is 0 Å². The van der Waals surface area contributed by atoms with Crippen LogP contribution in [-0.2, 0) is 4.79 Å². The molecular formula is C7H8O. The molecule has 8 heavy (non-hydrogen) atoms. The molecule has 1 aliphatic carbocycles. The minimum absolute atomic E-state index is 1.14. The lowest BCUT2D eigenvalue weighted by atomic mass is 10.5. The first kappa shape index (κ1) is 6.93. The summed E-state index contributed by atoms with van der Waals surface area (Å²) in [5.74, 6) is 1.25. The summed E-state index contributed by atoms with van der Waals surface area (Å²) >= 11 is 0. The Morgan fingerprint density at radius 3 is 1.88 bits per heavy atom. The molecule has 0 bridgehead atoms. The van der Waals surface area contributed by atoms with Crippen LogP contribution in [0, 0.1) is 0 Å². The predicted octanol–water partition coefficient (Wildman–Crippen LogP) is 1.51. The van der Waals surface area contributed by atoms with E-state index < -0.39 is 0 Å². The third-order valence-corrected chi connectivity index (χ3v) is 0.655. The van der Waals surface area contributed by atoms with Crippen LogP contribution in [-0.4, -0.2) is 5.94 Å². The van der Waals surface area contributed by atoms with Crippen LogP contribution >= 0.6 is 0 Å². The molecule has 0 unspecified atom stereocenters. The molecule has 1 nitrogen and oxygen atoms in total. The highest BCUT2D eigenvalue weighted by molar-refractivity contribution is 5.38. The van der Waals surface area contributed by atoms with Gasteiger partial charge in [0.05, 0.1) is 0 Å². The molecular weight excluding hydrogens is 100 g/mol. The number of carbonyl (C=O) groups excluding carboxylic acids is 1. The van der Waals surface area contributed by atoms with Crippen molar-refractivity contribution in [1.29, 1.82) is 0 Å². The second-order valence-electron chi connectivity index (χ2n) is 1.24. The van der Waals surface area contributed by atoms with Crippen LogP contribution in [0.15, 0.2) is 30.9 Å². The fourth-order valence-corrected chi connectivity index (χ4v) is 0.393. The van der Waals surface area contributed by atoms with Crippen molar-refractivity contribution >= 4 is 5.94 Å². The average molecular weight is 108 g/mol. The Labute approximate surface area is 49.0 Å². The summed E-state index contributed by atoms with van der Waals surface area (Å²) in [5, 5.41) is 0. The van der Waals surface area contributed by atoms with Gasteiger partial charge in [0.15, 0.2) is 0 Å². The molecule has 0 amide bonds. The molecule has 0 aromatic heterocycles. The maximum Gasteiger partial charge on any atom is 0.116 e. The number of rotatable bonds is 0. The van der Waals surface area contributed by atoms with E-state index in [1.54, 1.807) is 0 Å². The molecule has 0 aromatic carbocycles. The van der Waals surface area contributed by atoms with Crippen molar-refractivity contribution in [1.82, 2.24) is 0 Å². The molecule has 0 heterocycles. The topological polar surface area (TPSA) is 17.1 Å². The van der Waals surface area contributed by atoms with E-state index in [1.165, 1.54) is 5.94 Å². The second-order valence-corrected chi connectivity index (χ2v) is 1.24. The van der Waals surface area contributed by atoms with Crippen molar-refractivity contribution in [2.75, 3.05) is 0 Å². The molecule has 42 valence electrons. The van der Waals surface area contributed by atoms with Crippen LogP contribution in [0.4, 0.5) is 0 Å². The normalized spacial score (nSPS) is 12.0. The van der Waals surface area contributed by atoms with Crippen molar-refractivity contribution in [3.63, 3.8) is 0 Å². The van der Waals surface area contributed by atoms with E-state index in [0.29, 0.717) is 0 Å². The zero-order valence-corrected chi connectivity index (χ0v) is 4.63. The Hall–Kier alpha value is -1.07. The number of hydrogen-bond acceptors (Lipinski definition) is 1. The van der Waals surface area contributed by atoms with Crippen LogP contribution < -0.4 is 0 Å². The van der Waals surface area contributed by atoms with Gasteiger partial charge in [0, 0.05) is 0 Å². The summed E-state index contributed by atoms with van der Waals surface area (Å²) in [4.78, 5) is 8.57. The average Bonchev–Trinajstić information content (AvgIpc) is 2.17. The van der Waals surface area contributed by atoms with E-state index in [4.69, 9.17) is 4.79 Å². The highest BCUT2D eigenvalue weighted by Crippen LogP contribution is 1.93. The van der Waals surface area contributed by atoms with E-state index in [0.717, 1.165) is 6.42 Å². The van der Waals surface area contributed by atoms with Crippen LogP contribution in [0.1, 0.15) is 6.42 Å². The molecule has 1 heteroatoms. The summed E-state index contributed by atoms with van der Waals surface area (Å²) in [6.45, 7) is 2.68. The van der Waals surface area contributed by atoms with Gasteiger partial charge in [0.2, 0.25) is 0 Å². The molecule has 0 saturated carbocycles. The highest BCUT2D eigenvalue weighted by atomic mass is 16.1. The maximum atomic E-state index is 8.57. The monoisotopic (exact) mass is 108 g/mol. The molecule has 1 aliphatic rings. The lowest BCUT2D eigenvalue weighted by molar-refractivity contribution is 0.569. The smallest absolute Gasteiger partial charge is 0.116 e. The summed E-state index contributed by atoms with van der Waals surface area (Å²) in [6, 6.07) is 0. The van der Waals surface area contributed by atoms with Gasteiger partial charge >= 0.3 is 0 Å². The van der Waals surface area contributed by atoms with Gasteiger partial charge in [-0.05, 0) is 13.0 Å². The first-order valence-electron chi connectivity index (χ1n) is 2.37. The second kappa shape index (κ2) is 5.93. The molecule has 0 N–H and O–H groups in total. The van der Waals surface area contributed by atoms with E-state index in [2.05, 4.69) is 30.9 Å². The first-order valence-corrected chi connectivity index (χ1v) is 2.37. The lowest BCUT2D eigenvalue weighted by Gasteiger charge is -1.57. The van der Waals surface area contributed by atoms with Crippen LogP contribution in [0.25, 0.3) is 0 Å². The van der Waals surface area contributed by atoms with Gasteiger partial charge in [-0.15, -0.1) is 0 Å². The highest BCUT2D eigenvalue weighted by Gasteiger charge is 1.72. The number of allylic oxidation sites excluding steroid dienone is 4. The summed E-state index contributed by atoms with van der Waals surface area (Å²) in [7, 11) is 0. The molecule has 0 atom stereocenters. The van der Waals surface area contributed by atoms with Crippen molar-refractivity contribution in [2.24, 2.45) is 0 Å². The Bertz CT molecular complexity index is 115. The van der Waals surface area contributed by atoms with Gasteiger partial charge in [-0.1, -0.05) is 24.3 Å². The van der Waals surface area contributed by atoms with Gasteiger partial charge in [-0.2, -0.15) is 0 Å². The van der Waals surface area contributed by atoms with Crippen LogP contribution in [0.3, 0.4) is 0 Å². The largest absolute Gasteiger partial charge is 0.234 e. The van der Waals surface area contributed by atoms with Crippen molar-refractivity contribution < 1.29 is 4.79 Å². The maximum absolute atomic E-state index is 8.57. The predicted molar refractivity (Wildman–Crippen MR) is 34.2 cm³/mol. The molecule has 0 aromatic rings. The fraction of sp³-hybridized carbons (Fsp3) is 0.143. The standard InChI is InChI=1S/C5H6.C2H2O/c1-2-4-5-3-1;1-2-3/h1-4H,5H2;1H2. The SMILES string of the molecule is C1=CCC=C1.C=C=O. The third-order valence-electron chi connectivity index (χ3n) is 0.655. The zero-order chi connectivity index (χ0) is 6.24. The van der Waals surface area contributed by atoms with Gasteiger partial charge in [0.25, 0.3) is 0 Å². The van der Waals surface area contributed by atoms with Crippen molar-refractivity contribution in [3.05, 3.63) is 30.9 Å². The van der Waals surface area contributed by atoms with Crippen LogP contribution in [0.2, 0.25) is 0 Å². The summed E-state index contributed by atoms with van der Waals surface area (Å²) in [5.41, 5.74) is 0. The van der Waals surface area contributed by atoms with Gasteiger partial charge in [-0.25, -0.2) is 4.79 Å². The first-order chi connectivity index (χ1) is 3.91. The van der Waals surface area contributed by atoms with E-state index >= 15 is 0 Å². The molecule has 0 radical (unpaired) electrons. The van der Waals surface area contributed by atoms with Gasteiger partial charge in [0.1, 0.15) is 5.94 Å². The van der Waals surface area contributed by atoms with Gasteiger partial charge in [-0.3, -0.25) is 0 Å². The molecule has 0 spiro atoms. The Balaban J connectivity index is 0.000000145. The van der Waals surface area contributed by atoms with Crippen molar-refractivity contribution in [2.45, 2.75) is 6.42 Å². The molecule has 0 saturated heterocycles. The Morgan fingerprint density at radius 2 is 1.75 bits per heavy atom. The molecule has 1 rings (SSSR count). The van der Waals surface area contributed by atoms with E-state index in [1.807, 2.05) is 0 Å². The minimum atomic E-state index is 1.14. The van der Waals surface area contributed by atoms with Crippen LogP contribution in [0.5, 0.6) is 0 Å². The fourth-order valence-electron chi connectivity index (χ4n) is 0.393.